The molecule has 1 aliphatic heterocycles. The fourth-order valence-corrected chi connectivity index (χ4v) is 3.08. The van der Waals surface area contributed by atoms with E-state index in [4.69, 9.17) is 11.6 Å². The Morgan fingerprint density at radius 3 is 3.00 bits per heavy atom. The molecule has 0 spiro atoms. The molecule has 1 N–H and O–H groups in total. The lowest BCUT2D eigenvalue weighted by Gasteiger charge is -2.09. The number of rotatable bonds is 2. The van der Waals surface area contributed by atoms with Gasteiger partial charge in [0.1, 0.15) is 0 Å². The molecule has 0 atom stereocenters. The summed E-state index contributed by atoms with van der Waals surface area (Å²) in [6.07, 6.45) is 1.63. The van der Waals surface area contributed by atoms with E-state index in [-0.39, 0.29) is 25.0 Å². The second-order valence-corrected chi connectivity index (χ2v) is 5.40. The Hall–Kier alpha value is -1.66. The molecule has 0 bridgehead atoms. The molecule has 1 saturated heterocycles. The summed E-state index contributed by atoms with van der Waals surface area (Å²) in [5.41, 5.74) is 0.787. The van der Waals surface area contributed by atoms with E-state index >= 15 is 0 Å². The van der Waals surface area contributed by atoms with Crippen molar-refractivity contribution in [3.8, 4) is 0 Å². The van der Waals surface area contributed by atoms with E-state index in [0.29, 0.717) is 5.02 Å². The third-order valence-electron chi connectivity index (χ3n) is 2.67. The van der Waals surface area contributed by atoms with E-state index in [1.807, 2.05) is 6.07 Å². The van der Waals surface area contributed by atoms with Crippen molar-refractivity contribution in [2.24, 2.45) is 0 Å². The van der Waals surface area contributed by atoms with Crippen LogP contribution in [0.2, 0.25) is 5.02 Å². The largest absolute Gasteiger partial charge is 0.329 e. The summed E-state index contributed by atoms with van der Waals surface area (Å²) in [4.78, 5) is 29.2. The summed E-state index contributed by atoms with van der Waals surface area (Å²) in [5, 5.41) is 3.12. The highest BCUT2D eigenvalue weighted by molar-refractivity contribution is 7.19. The Bertz CT molecular complexity index is 639. The number of imide groups is 1. The number of nitrogens with zero attached hydrogens (tertiary/aromatic N) is 2. The monoisotopic (exact) mass is 281 g/mol. The number of fused-ring (bicyclic) bond motifs is 1. The van der Waals surface area contributed by atoms with Crippen LogP contribution in [-0.2, 0) is 11.3 Å². The second kappa shape index (κ2) is 4.22. The summed E-state index contributed by atoms with van der Waals surface area (Å²) in [6, 6.07) is 3.22. The second-order valence-electron chi connectivity index (χ2n) is 3.86. The minimum absolute atomic E-state index is 0.0722. The highest BCUT2D eigenvalue weighted by Crippen LogP contribution is 2.31. The fraction of sp³-hybridized carbons (Fsp3) is 0.182. The van der Waals surface area contributed by atoms with Crippen LogP contribution >= 0.6 is 22.9 Å². The predicted molar refractivity (Wildman–Crippen MR) is 68.6 cm³/mol. The lowest BCUT2D eigenvalue weighted by Crippen LogP contribution is -2.29. The number of aromatic nitrogens is 1. The average molecular weight is 282 g/mol. The molecule has 0 aromatic carbocycles. The van der Waals surface area contributed by atoms with Crippen LogP contribution in [0.4, 0.5) is 4.79 Å². The molecular weight excluding hydrogens is 274 g/mol. The van der Waals surface area contributed by atoms with E-state index in [1.54, 1.807) is 12.3 Å². The third kappa shape index (κ3) is 1.83. The van der Waals surface area contributed by atoms with Gasteiger partial charge < -0.3 is 5.32 Å². The summed E-state index contributed by atoms with van der Waals surface area (Å²) in [5.74, 6) is -0.212. The molecule has 3 rings (SSSR count). The lowest BCUT2D eigenvalue weighted by molar-refractivity contribution is -0.125. The number of nitrogens with one attached hydrogen (secondary N) is 1. The van der Waals surface area contributed by atoms with Crippen LogP contribution in [0.1, 0.15) is 4.88 Å². The van der Waals surface area contributed by atoms with Crippen molar-refractivity contribution < 1.29 is 9.59 Å². The first-order valence-corrected chi connectivity index (χ1v) is 6.46. The standard InChI is InChI=1S/C11H8ClN3O2S/c12-7-1-2-13-8-3-6(18-10(7)8)5-15-9(16)4-14-11(15)17/h1-3H,4-5H2,(H,14,17). The zero-order valence-corrected chi connectivity index (χ0v) is 10.7. The van der Waals surface area contributed by atoms with E-state index in [2.05, 4.69) is 10.3 Å². The Kier molecular flexibility index (Phi) is 2.68. The lowest BCUT2D eigenvalue weighted by atomic mass is 10.3. The van der Waals surface area contributed by atoms with Crippen LogP contribution in [-0.4, -0.2) is 28.4 Å². The van der Waals surface area contributed by atoms with E-state index < -0.39 is 0 Å². The fourth-order valence-electron chi connectivity index (χ4n) is 1.81. The van der Waals surface area contributed by atoms with Crippen molar-refractivity contribution in [1.29, 1.82) is 0 Å². The van der Waals surface area contributed by atoms with Gasteiger partial charge in [0, 0.05) is 11.1 Å². The molecule has 0 saturated carbocycles. The normalized spacial score (nSPS) is 15.5. The minimum Gasteiger partial charge on any atom is -0.329 e. The zero-order chi connectivity index (χ0) is 12.7. The zero-order valence-electron chi connectivity index (χ0n) is 9.14. The molecule has 1 fully saturated rings. The minimum atomic E-state index is -0.350. The highest BCUT2D eigenvalue weighted by Gasteiger charge is 2.28. The molecule has 18 heavy (non-hydrogen) atoms. The summed E-state index contributed by atoms with van der Waals surface area (Å²) >= 11 is 7.50. The predicted octanol–water partition coefficient (Wildman–Crippen LogP) is 2.00. The quantitative estimate of drug-likeness (QED) is 0.857. The van der Waals surface area contributed by atoms with Crippen LogP contribution in [0.25, 0.3) is 10.2 Å². The maximum absolute atomic E-state index is 11.5. The SMILES string of the molecule is O=C1CNC(=O)N1Cc1cc2nccc(Cl)c2s1. The van der Waals surface area contributed by atoms with Crippen molar-refractivity contribution in [1.82, 2.24) is 15.2 Å². The van der Waals surface area contributed by atoms with Gasteiger partial charge >= 0.3 is 6.03 Å². The van der Waals surface area contributed by atoms with Crippen molar-refractivity contribution in [2.45, 2.75) is 6.54 Å². The van der Waals surface area contributed by atoms with E-state index in [9.17, 15) is 9.59 Å². The first kappa shape index (κ1) is 11.4. The van der Waals surface area contributed by atoms with Gasteiger partial charge in [-0.15, -0.1) is 11.3 Å². The number of halogens is 1. The number of carbonyl (C=O) groups excluding carboxylic acids is 2. The van der Waals surface area contributed by atoms with Gasteiger partial charge in [-0.25, -0.2) is 4.79 Å². The van der Waals surface area contributed by atoms with Crippen molar-refractivity contribution >= 4 is 45.1 Å². The van der Waals surface area contributed by atoms with Crippen molar-refractivity contribution in [3.05, 3.63) is 28.2 Å². The highest BCUT2D eigenvalue weighted by atomic mass is 35.5. The summed E-state index contributed by atoms with van der Waals surface area (Å²) in [6.45, 7) is 0.338. The molecule has 2 aromatic rings. The maximum atomic E-state index is 11.5. The van der Waals surface area contributed by atoms with Gasteiger partial charge in [0.25, 0.3) is 0 Å². The molecule has 0 aliphatic carbocycles. The number of urea groups is 1. The van der Waals surface area contributed by atoms with E-state index in [0.717, 1.165) is 15.1 Å². The Balaban J connectivity index is 1.93. The molecule has 1 aliphatic rings. The number of amides is 3. The number of carbonyl (C=O) groups is 2. The molecular formula is C11H8ClN3O2S. The number of hydrogen-bond acceptors (Lipinski definition) is 4. The molecule has 0 radical (unpaired) electrons. The molecule has 5 nitrogen and oxygen atoms in total. The molecule has 2 aromatic heterocycles. The number of thiophene rings is 1. The summed E-state index contributed by atoms with van der Waals surface area (Å²) < 4.78 is 0.876. The van der Waals surface area contributed by atoms with Gasteiger partial charge in [0.15, 0.2) is 0 Å². The van der Waals surface area contributed by atoms with Crippen molar-refractivity contribution in [3.63, 3.8) is 0 Å². The van der Waals surface area contributed by atoms with Crippen LogP contribution in [0.5, 0.6) is 0 Å². The van der Waals surface area contributed by atoms with Gasteiger partial charge in [-0.3, -0.25) is 14.7 Å². The van der Waals surface area contributed by atoms with E-state index in [1.165, 1.54) is 16.2 Å². The molecule has 7 heteroatoms. The Morgan fingerprint density at radius 2 is 2.33 bits per heavy atom. The van der Waals surface area contributed by atoms with Crippen LogP contribution in [0.15, 0.2) is 18.3 Å². The third-order valence-corrected chi connectivity index (χ3v) is 4.24. The van der Waals surface area contributed by atoms with Gasteiger partial charge in [-0.2, -0.15) is 0 Å². The number of pyridine rings is 1. The van der Waals surface area contributed by atoms with Crippen LogP contribution in [0.3, 0.4) is 0 Å². The Morgan fingerprint density at radius 1 is 1.50 bits per heavy atom. The summed E-state index contributed by atoms with van der Waals surface area (Å²) in [7, 11) is 0. The van der Waals surface area contributed by atoms with Crippen LogP contribution < -0.4 is 5.32 Å². The molecule has 92 valence electrons. The number of hydrogen-bond donors (Lipinski definition) is 1. The smallest absolute Gasteiger partial charge is 0.324 e. The maximum Gasteiger partial charge on any atom is 0.324 e. The first-order chi connectivity index (χ1) is 8.65. The first-order valence-electron chi connectivity index (χ1n) is 5.26. The van der Waals surface area contributed by atoms with Crippen LogP contribution in [0, 0.1) is 0 Å². The topological polar surface area (TPSA) is 62.3 Å². The van der Waals surface area contributed by atoms with Gasteiger partial charge in [0.2, 0.25) is 5.91 Å². The van der Waals surface area contributed by atoms with Gasteiger partial charge in [-0.1, -0.05) is 11.6 Å². The molecule has 3 heterocycles. The van der Waals surface area contributed by atoms with Crippen molar-refractivity contribution in [2.75, 3.05) is 6.54 Å². The molecule has 0 unspecified atom stereocenters. The average Bonchev–Trinajstić information content (AvgIpc) is 2.89. The Labute approximate surface area is 111 Å². The van der Waals surface area contributed by atoms with Gasteiger partial charge in [-0.05, 0) is 12.1 Å². The molecule has 3 amide bonds. The van der Waals surface area contributed by atoms with Gasteiger partial charge in [0.05, 0.1) is 28.3 Å².